The SMILES string of the molecule is N#Cc1ccc(NCCOCC(=O)O)cn1. The minimum absolute atomic E-state index is 0.298. The Morgan fingerprint density at radius 2 is 2.44 bits per heavy atom. The van der Waals surface area contributed by atoms with Crippen LogP contribution in [0.15, 0.2) is 18.3 Å². The minimum atomic E-state index is -0.986. The molecule has 0 amide bonds. The molecule has 0 aliphatic rings. The van der Waals surface area contributed by atoms with Gasteiger partial charge in [-0.25, -0.2) is 9.78 Å². The van der Waals surface area contributed by atoms with Crippen molar-refractivity contribution in [3.8, 4) is 6.07 Å². The molecule has 6 nitrogen and oxygen atoms in total. The van der Waals surface area contributed by atoms with Gasteiger partial charge in [-0.15, -0.1) is 0 Å². The number of nitrogens with zero attached hydrogens (tertiary/aromatic N) is 2. The van der Waals surface area contributed by atoms with Crippen LogP contribution < -0.4 is 5.32 Å². The Labute approximate surface area is 92.5 Å². The number of anilines is 1. The molecule has 1 rings (SSSR count). The molecule has 16 heavy (non-hydrogen) atoms. The molecule has 0 atom stereocenters. The molecular formula is C10H11N3O3. The predicted molar refractivity (Wildman–Crippen MR) is 55.9 cm³/mol. The number of nitrogens with one attached hydrogen (secondary N) is 1. The molecule has 0 aromatic carbocycles. The minimum Gasteiger partial charge on any atom is -0.480 e. The van der Waals surface area contributed by atoms with Crippen molar-refractivity contribution in [3.05, 3.63) is 24.0 Å². The number of aliphatic carboxylic acids is 1. The number of hydrogen-bond donors (Lipinski definition) is 2. The van der Waals surface area contributed by atoms with E-state index in [1.165, 1.54) is 6.20 Å². The third kappa shape index (κ3) is 4.39. The Balaban J connectivity index is 2.22. The van der Waals surface area contributed by atoms with E-state index >= 15 is 0 Å². The highest BCUT2D eigenvalue weighted by Crippen LogP contribution is 2.04. The van der Waals surface area contributed by atoms with Gasteiger partial charge in [0.15, 0.2) is 0 Å². The number of carboxylic acid groups (broad SMARTS) is 1. The zero-order chi connectivity index (χ0) is 11.8. The molecule has 0 saturated heterocycles. The molecule has 0 aliphatic carbocycles. The Bertz CT molecular complexity index is 383. The Kier molecular flexibility index (Phi) is 4.76. The summed E-state index contributed by atoms with van der Waals surface area (Å²) in [7, 11) is 0. The quantitative estimate of drug-likeness (QED) is 0.678. The van der Waals surface area contributed by atoms with E-state index in [0.29, 0.717) is 18.8 Å². The number of carbonyl (C=O) groups is 1. The van der Waals surface area contributed by atoms with Gasteiger partial charge in [-0.2, -0.15) is 5.26 Å². The van der Waals surface area contributed by atoms with Gasteiger partial charge in [-0.1, -0.05) is 0 Å². The number of carboxylic acids is 1. The van der Waals surface area contributed by atoms with Gasteiger partial charge < -0.3 is 15.2 Å². The van der Waals surface area contributed by atoms with Crippen LogP contribution in [0.2, 0.25) is 0 Å². The molecule has 0 aliphatic heterocycles. The number of pyridine rings is 1. The number of aromatic nitrogens is 1. The molecule has 84 valence electrons. The first-order valence-corrected chi connectivity index (χ1v) is 4.62. The van der Waals surface area contributed by atoms with E-state index < -0.39 is 5.97 Å². The molecule has 0 bridgehead atoms. The van der Waals surface area contributed by atoms with Gasteiger partial charge in [-0.05, 0) is 12.1 Å². The fraction of sp³-hybridized carbons (Fsp3) is 0.300. The van der Waals surface area contributed by atoms with E-state index in [2.05, 4.69) is 10.3 Å². The van der Waals surface area contributed by atoms with Crippen molar-refractivity contribution in [1.82, 2.24) is 4.98 Å². The van der Waals surface area contributed by atoms with E-state index in [9.17, 15) is 4.79 Å². The standard InChI is InChI=1S/C10H11N3O3/c11-5-8-1-2-9(6-13-8)12-3-4-16-7-10(14)15/h1-2,6,12H,3-4,7H2,(H,14,15). The highest BCUT2D eigenvalue weighted by atomic mass is 16.5. The summed E-state index contributed by atoms with van der Waals surface area (Å²) in [6.07, 6.45) is 1.54. The van der Waals surface area contributed by atoms with Crippen molar-refractivity contribution >= 4 is 11.7 Å². The second-order valence-electron chi connectivity index (χ2n) is 2.92. The van der Waals surface area contributed by atoms with Crippen LogP contribution in [0.5, 0.6) is 0 Å². The highest BCUT2D eigenvalue weighted by Gasteiger charge is 1.96. The maximum atomic E-state index is 10.1. The monoisotopic (exact) mass is 221 g/mol. The average molecular weight is 221 g/mol. The first-order chi connectivity index (χ1) is 7.72. The lowest BCUT2D eigenvalue weighted by Gasteiger charge is -2.05. The van der Waals surface area contributed by atoms with Gasteiger partial charge in [0.1, 0.15) is 18.4 Å². The summed E-state index contributed by atoms with van der Waals surface area (Å²) in [4.78, 5) is 14.0. The van der Waals surface area contributed by atoms with Crippen LogP contribution in [0.25, 0.3) is 0 Å². The first kappa shape index (κ1) is 11.9. The zero-order valence-corrected chi connectivity index (χ0v) is 8.51. The fourth-order valence-corrected chi connectivity index (χ4v) is 0.992. The predicted octanol–water partition coefficient (Wildman–Crippen LogP) is 0.466. The molecule has 2 N–H and O–H groups in total. The van der Waals surface area contributed by atoms with E-state index in [0.717, 1.165) is 5.69 Å². The van der Waals surface area contributed by atoms with E-state index in [4.69, 9.17) is 15.1 Å². The van der Waals surface area contributed by atoms with Gasteiger partial charge in [0, 0.05) is 6.54 Å². The summed E-state index contributed by atoms with van der Waals surface area (Å²) < 4.78 is 4.83. The van der Waals surface area contributed by atoms with Gasteiger partial charge in [-0.3, -0.25) is 0 Å². The van der Waals surface area contributed by atoms with Gasteiger partial charge in [0.05, 0.1) is 18.5 Å². The van der Waals surface area contributed by atoms with Crippen molar-refractivity contribution < 1.29 is 14.6 Å². The third-order valence-corrected chi connectivity index (χ3v) is 1.68. The summed E-state index contributed by atoms with van der Waals surface area (Å²) in [5.41, 5.74) is 1.12. The van der Waals surface area contributed by atoms with Crippen molar-refractivity contribution in [2.45, 2.75) is 0 Å². The Morgan fingerprint density at radius 1 is 1.62 bits per heavy atom. The van der Waals surface area contributed by atoms with Crippen LogP contribution in [0.3, 0.4) is 0 Å². The highest BCUT2D eigenvalue weighted by molar-refractivity contribution is 5.67. The van der Waals surface area contributed by atoms with Gasteiger partial charge >= 0.3 is 5.97 Å². The van der Waals surface area contributed by atoms with Crippen molar-refractivity contribution in [2.75, 3.05) is 25.1 Å². The molecule has 6 heteroatoms. The zero-order valence-electron chi connectivity index (χ0n) is 8.51. The van der Waals surface area contributed by atoms with Crippen LogP contribution in [0, 0.1) is 11.3 Å². The van der Waals surface area contributed by atoms with E-state index in [1.807, 2.05) is 6.07 Å². The molecule has 0 unspecified atom stereocenters. The summed E-state index contributed by atoms with van der Waals surface area (Å²) in [5, 5.41) is 19.8. The average Bonchev–Trinajstić information content (AvgIpc) is 2.29. The van der Waals surface area contributed by atoms with Crippen LogP contribution in [-0.2, 0) is 9.53 Å². The lowest BCUT2D eigenvalue weighted by Crippen LogP contribution is -2.14. The molecule has 1 heterocycles. The van der Waals surface area contributed by atoms with Crippen LogP contribution >= 0.6 is 0 Å². The van der Waals surface area contributed by atoms with Gasteiger partial charge in [0.2, 0.25) is 0 Å². The normalized spacial score (nSPS) is 9.44. The van der Waals surface area contributed by atoms with Crippen LogP contribution in [0.4, 0.5) is 5.69 Å². The lowest BCUT2D eigenvalue weighted by atomic mass is 10.3. The second-order valence-corrected chi connectivity index (χ2v) is 2.92. The number of nitriles is 1. The largest absolute Gasteiger partial charge is 0.480 e. The fourth-order valence-electron chi connectivity index (χ4n) is 0.992. The van der Waals surface area contributed by atoms with E-state index in [-0.39, 0.29) is 6.61 Å². The molecule has 1 aromatic heterocycles. The molecule has 0 radical (unpaired) electrons. The summed E-state index contributed by atoms with van der Waals surface area (Å²) in [5.74, 6) is -0.986. The Hall–Kier alpha value is -2.13. The summed E-state index contributed by atoms with van der Waals surface area (Å²) in [6, 6.07) is 5.24. The smallest absolute Gasteiger partial charge is 0.329 e. The van der Waals surface area contributed by atoms with Crippen LogP contribution in [0.1, 0.15) is 5.69 Å². The summed E-state index contributed by atoms with van der Waals surface area (Å²) >= 11 is 0. The molecular weight excluding hydrogens is 210 g/mol. The van der Waals surface area contributed by atoms with Crippen molar-refractivity contribution in [2.24, 2.45) is 0 Å². The third-order valence-electron chi connectivity index (χ3n) is 1.68. The number of hydrogen-bond acceptors (Lipinski definition) is 5. The van der Waals surface area contributed by atoms with E-state index in [1.54, 1.807) is 12.1 Å². The van der Waals surface area contributed by atoms with Crippen molar-refractivity contribution in [1.29, 1.82) is 5.26 Å². The summed E-state index contributed by atoms with van der Waals surface area (Å²) in [6.45, 7) is 0.487. The topological polar surface area (TPSA) is 95.2 Å². The molecule has 1 aromatic rings. The molecule has 0 saturated carbocycles. The maximum absolute atomic E-state index is 10.1. The molecule has 0 fully saturated rings. The maximum Gasteiger partial charge on any atom is 0.329 e. The number of rotatable bonds is 6. The molecule has 0 spiro atoms. The van der Waals surface area contributed by atoms with Crippen LogP contribution in [-0.4, -0.2) is 35.8 Å². The first-order valence-electron chi connectivity index (χ1n) is 4.62. The Morgan fingerprint density at radius 3 is 3.00 bits per heavy atom. The van der Waals surface area contributed by atoms with Gasteiger partial charge in [0.25, 0.3) is 0 Å². The number of ether oxygens (including phenoxy) is 1. The lowest BCUT2D eigenvalue weighted by molar-refractivity contribution is -0.142. The van der Waals surface area contributed by atoms with Crippen molar-refractivity contribution in [3.63, 3.8) is 0 Å². The second kappa shape index (κ2) is 6.37.